The number of anilines is 1. The van der Waals surface area contributed by atoms with Crippen molar-refractivity contribution in [3.63, 3.8) is 0 Å². The standard InChI is InChI=1S/C35H26FN5O4S2/c1-21-29(40-18-6-5-9-27(40)37-21)31(42)28-30(24-12-16-26(17-13-24)45-19-22-7-3-2-4-8-22)41(33(44)32(28)43)34-38-39-35(47-34)46-20-23-10-14-25(36)15-11-23/h2-18,30,42H,19-20H2,1H3. The van der Waals surface area contributed by atoms with Gasteiger partial charge in [-0.1, -0.05) is 83.8 Å². The number of ether oxygens (including phenoxy) is 1. The normalized spacial score (nSPS) is 15.9. The van der Waals surface area contributed by atoms with Gasteiger partial charge in [-0.15, -0.1) is 10.2 Å². The lowest BCUT2D eigenvalue weighted by Gasteiger charge is -2.22. The van der Waals surface area contributed by atoms with Crippen LogP contribution in [-0.2, 0) is 21.9 Å². The highest BCUT2D eigenvalue weighted by molar-refractivity contribution is 8.00. The quantitative estimate of drug-likeness (QED) is 0.0572. The smallest absolute Gasteiger partial charge is 0.301 e. The van der Waals surface area contributed by atoms with Crippen molar-refractivity contribution in [2.75, 3.05) is 4.90 Å². The van der Waals surface area contributed by atoms with Gasteiger partial charge in [-0.05, 0) is 60.0 Å². The number of imidazole rings is 1. The second kappa shape index (κ2) is 12.8. The number of rotatable bonds is 9. The van der Waals surface area contributed by atoms with Gasteiger partial charge in [-0.2, -0.15) is 0 Å². The number of amides is 1. The van der Waals surface area contributed by atoms with Crippen molar-refractivity contribution in [3.05, 3.63) is 143 Å². The monoisotopic (exact) mass is 663 g/mol. The van der Waals surface area contributed by atoms with Crippen LogP contribution in [0, 0.1) is 12.7 Å². The minimum absolute atomic E-state index is 0.0857. The Balaban J connectivity index is 1.26. The van der Waals surface area contributed by atoms with E-state index in [1.54, 1.807) is 66.1 Å². The molecule has 47 heavy (non-hydrogen) atoms. The molecular formula is C35H26FN5O4S2. The number of aromatic nitrogens is 4. The molecule has 1 fully saturated rings. The van der Waals surface area contributed by atoms with E-state index in [0.29, 0.717) is 45.0 Å². The largest absolute Gasteiger partial charge is 0.505 e. The SMILES string of the molecule is Cc1nc2ccccn2c1C(O)=C1C(=O)C(=O)N(c2nnc(SCc3ccc(F)cc3)s2)C1c1ccc(OCc2ccccc2)cc1. The van der Waals surface area contributed by atoms with Gasteiger partial charge in [0.15, 0.2) is 10.1 Å². The van der Waals surface area contributed by atoms with E-state index < -0.39 is 17.7 Å². The van der Waals surface area contributed by atoms with E-state index >= 15 is 0 Å². The van der Waals surface area contributed by atoms with Crippen molar-refractivity contribution in [3.8, 4) is 5.75 Å². The Morgan fingerprint density at radius 2 is 1.68 bits per heavy atom. The number of Topliss-reactive ketones (excluding diaryl/α,β-unsaturated/α-hetero) is 1. The molecule has 0 bridgehead atoms. The molecule has 7 rings (SSSR count). The number of halogens is 1. The molecule has 12 heteroatoms. The molecule has 9 nitrogen and oxygen atoms in total. The molecule has 3 aromatic carbocycles. The molecule has 0 radical (unpaired) electrons. The summed E-state index contributed by atoms with van der Waals surface area (Å²) in [6.07, 6.45) is 1.74. The first-order valence-corrected chi connectivity index (χ1v) is 16.4. The molecule has 6 aromatic rings. The van der Waals surface area contributed by atoms with Crippen LogP contribution >= 0.6 is 23.1 Å². The lowest BCUT2D eigenvalue weighted by Crippen LogP contribution is -2.29. The van der Waals surface area contributed by atoms with Crippen molar-refractivity contribution in [1.29, 1.82) is 0 Å². The summed E-state index contributed by atoms with van der Waals surface area (Å²) in [4.78, 5) is 33.4. The van der Waals surface area contributed by atoms with Gasteiger partial charge in [-0.25, -0.2) is 9.37 Å². The van der Waals surface area contributed by atoms with Crippen LogP contribution in [0.2, 0.25) is 0 Å². The number of fused-ring (bicyclic) bond motifs is 1. The van der Waals surface area contributed by atoms with Gasteiger partial charge in [-0.3, -0.25) is 18.9 Å². The Hall–Kier alpha value is -5.33. The highest BCUT2D eigenvalue weighted by Gasteiger charge is 2.49. The van der Waals surface area contributed by atoms with E-state index in [1.807, 2.05) is 36.4 Å². The van der Waals surface area contributed by atoms with Crippen LogP contribution in [-0.4, -0.2) is 36.4 Å². The maximum Gasteiger partial charge on any atom is 0.301 e. The van der Waals surface area contributed by atoms with Crippen molar-refractivity contribution >= 4 is 51.3 Å². The molecule has 0 saturated carbocycles. The maximum absolute atomic E-state index is 13.8. The summed E-state index contributed by atoms with van der Waals surface area (Å²) >= 11 is 2.54. The first-order chi connectivity index (χ1) is 22.9. The zero-order valence-electron chi connectivity index (χ0n) is 24.9. The number of aryl methyl sites for hydroxylation is 1. The molecule has 1 N–H and O–H groups in total. The van der Waals surface area contributed by atoms with Crippen LogP contribution in [0.4, 0.5) is 9.52 Å². The Bertz CT molecular complexity index is 2130. The predicted octanol–water partition coefficient (Wildman–Crippen LogP) is 7.13. The second-order valence-corrected chi connectivity index (χ2v) is 12.9. The summed E-state index contributed by atoms with van der Waals surface area (Å²) in [6, 6.07) is 27.4. The number of ketones is 1. The van der Waals surface area contributed by atoms with Gasteiger partial charge in [0, 0.05) is 11.9 Å². The Labute approximate surface area is 277 Å². The Kier molecular flexibility index (Phi) is 8.27. The fraction of sp³-hybridized carbons (Fsp3) is 0.114. The number of aliphatic hydroxyl groups is 1. The number of nitrogens with zero attached hydrogens (tertiary/aromatic N) is 5. The number of thioether (sulfide) groups is 1. The maximum atomic E-state index is 13.8. The van der Waals surface area contributed by atoms with Gasteiger partial charge in [0.2, 0.25) is 5.13 Å². The van der Waals surface area contributed by atoms with Crippen molar-refractivity contribution in [2.45, 2.75) is 29.7 Å². The predicted molar refractivity (Wildman–Crippen MR) is 178 cm³/mol. The van der Waals surface area contributed by atoms with E-state index in [-0.39, 0.29) is 22.3 Å². The number of carbonyl (C=O) groups excluding carboxylic acids is 2. The number of hydrogen-bond donors (Lipinski definition) is 1. The molecule has 1 aliphatic heterocycles. The topological polar surface area (TPSA) is 110 Å². The van der Waals surface area contributed by atoms with Gasteiger partial charge < -0.3 is 9.84 Å². The van der Waals surface area contributed by atoms with E-state index in [4.69, 9.17) is 4.74 Å². The number of carbonyl (C=O) groups is 2. The zero-order chi connectivity index (χ0) is 32.5. The third kappa shape index (κ3) is 6.00. The summed E-state index contributed by atoms with van der Waals surface area (Å²) in [6.45, 7) is 2.11. The van der Waals surface area contributed by atoms with Gasteiger partial charge in [0.25, 0.3) is 5.78 Å². The minimum Gasteiger partial charge on any atom is -0.505 e. The summed E-state index contributed by atoms with van der Waals surface area (Å²) in [5, 5.41) is 20.6. The van der Waals surface area contributed by atoms with Gasteiger partial charge >= 0.3 is 5.91 Å². The first-order valence-electron chi connectivity index (χ1n) is 14.6. The number of hydrogen-bond acceptors (Lipinski definition) is 9. The van der Waals surface area contributed by atoms with Crippen LogP contribution in [0.1, 0.15) is 34.1 Å². The van der Waals surface area contributed by atoms with E-state index in [0.717, 1.165) is 22.5 Å². The van der Waals surface area contributed by atoms with Crippen LogP contribution in [0.5, 0.6) is 5.75 Å². The van der Waals surface area contributed by atoms with Crippen LogP contribution in [0.25, 0.3) is 11.4 Å². The Morgan fingerprint density at radius 1 is 0.936 bits per heavy atom. The fourth-order valence-electron chi connectivity index (χ4n) is 5.44. The molecular weight excluding hydrogens is 638 g/mol. The summed E-state index contributed by atoms with van der Waals surface area (Å²) in [7, 11) is 0. The summed E-state index contributed by atoms with van der Waals surface area (Å²) < 4.78 is 21.6. The lowest BCUT2D eigenvalue weighted by molar-refractivity contribution is -0.132. The van der Waals surface area contributed by atoms with Crippen LogP contribution < -0.4 is 9.64 Å². The van der Waals surface area contributed by atoms with Crippen molar-refractivity contribution in [2.24, 2.45) is 0 Å². The van der Waals surface area contributed by atoms with E-state index in [2.05, 4.69) is 15.2 Å². The average Bonchev–Trinajstić information content (AvgIpc) is 3.77. The van der Waals surface area contributed by atoms with Crippen LogP contribution in [0.3, 0.4) is 0 Å². The molecule has 3 aromatic heterocycles. The molecule has 4 heterocycles. The molecule has 1 atom stereocenters. The number of pyridine rings is 1. The number of aliphatic hydroxyl groups excluding tert-OH is 1. The zero-order valence-corrected chi connectivity index (χ0v) is 26.5. The molecule has 1 aliphatic rings. The van der Waals surface area contributed by atoms with Crippen LogP contribution in [0.15, 0.2) is 113 Å². The average molecular weight is 664 g/mol. The van der Waals surface area contributed by atoms with Crippen molar-refractivity contribution < 1.29 is 23.8 Å². The summed E-state index contributed by atoms with van der Waals surface area (Å²) in [5.74, 6) is -1.23. The molecule has 1 amide bonds. The molecule has 1 saturated heterocycles. The minimum atomic E-state index is -1.00. The first kappa shape index (κ1) is 30.3. The van der Waals surface area contributed by atoms with E-state index in [9.17, 15) is 19.1 Å². The van der Waals surface area contributed by atoms with Gasteiger partial charge in [0.1, 0.15) is 29.5 Å². The third-order valence-corrected chi connectivity index (χ3v) is 9.82. The highest BCUT2D eigenvalue weighted by Crippen LogP contribution is 2.44. The van der Waals surface area contributed by atoms with Crippen molar-refractivity contribution in [1.82, 2.24) is 19.6 Å². The Morgan fingerprint density at radius 3 is 2.45 bits per heavy atom. The third-order valence-electron chi connectivity index (χ3n) is 7.69. The molecule has 234 valence electrons. The lowest BCUT2D eigenvalue weighted by atomic mass is 9.96. The molecule has 0 aliphatic carbocycles. The van der Waals surface area contributed by atoms with E-state index in [1.165, 1.54) is 28.8 Å². The molecule has 1 unspecified atom stereocenters. The second-order valence-electron chi connectivity index (χ2n) is 10.8. The van der Waals surface area contributed by atoms with Gasteiger partial charge in [0.05, 0.1) is 17.3 Å². The molecule has 0 spiro atoms. The summed E-state index contributed by atoms with van der Waals surface area (Å²) in [5.41, 5.74) is 3.80. The fourth-order valence-corrected chi connectivity index (χ4v) is 7.27. The highest BCUT2D eigenvalue weighted by atomic mass is 32.2. The number of benzene rings is 3.